The van der Waals surface area contributed by atoms with E-state index in [1.807, 2.05) is 24.3 Å². The van der Waals surface area contributed by atoms with Crippen molar-refractivity contribution in [2.75, 3.05) is 32.9 Å². The maximum Gasteiger partial charge on any atom is 0.313 e. The van der Waals surface area contributed by atoms with E-state index in [0.717, 1.165) is 30.8 Å². The summed E-state index contributed by atoms with van der Waals surface area (Å²) < 4.78 is 11.0. The molecule has 0 amide bonds. The van der Waals surface area contributed by atoms with Crippen LogP contribution in [-0.4, -0.2) is 48.9 Å². The van der Waals surface area contributed by atoms with Gasteiger partial charge in [-0.25, -0.2) is 0 Å². The molecule has 2 aliphatic heterocycles. The number of benzene rings is 1. The van der Waals surface area contributed by atoms with Gasteiger partial charge in [-0.15, -0.1) is 0 Å². The second-order valence-electron chi connectivity index (χ2n) is 6.42. The zero-order valence-corrected chi connectivity index (χ0v) is 13.2. The van der Waals surface area contributed by atoms with Crippen molar-refractivity contribution >= 4 is 5.97 Å². The van der Waals surface area contributed by atoms with Crippen LogP contribution in [0, 0.1) is 11.3 Å². The molecule has 5 nitrogen and oxygen atoms in total. The third kappa shape index (κ3) is 3.26. The molecule has 0 aliphatic carbocycles. The molecule has 0 aromatic heterocycles. The van der Waals surface area contributed by atoms with E-state index >= 15 is 0 Å². The number of nitrogens with zero attached hydrogens (tertiary/aromatic N) is 1. The van der Waals surface area contributed by atoms with Gasteiger partial charge in [0, 0.05) is 26.2 Å². The molecule has 0 spiro atoms. The molecular formula is C18H23NO4. The molecule has 1 N–H and O–H groups in total. The van der Waals surface area contributed by atoms with Gasteiger partial charge >= 0.3 is 5.97 Å². The number of rotatable bonds is 6. The highest BCUT2D eigenvalue weighted by atomic mass is 16.5. The minimum atomic E-state index is -0.741. The lowest BCUT2D eigenvalue weighted by Crippen LogP contribution is -2.46. The highest BCUT2D eigenvalue weighted by Crippen LogP contribution is 2.42. The normalized spacial score (nSPS) is 27.4. The van der Waals surface area contributed by atoms with E-state index in [1.165, 1.54) is 0 Å². The van der Waals surface area contributed by atoms with Gasteiger partial charge in [-0.3, -0.25) is 9.69 Å². The van der Waals surface area contributed by atoms with Crippen molar-refractivity contribution in [2.24, 2.45) is 11.3 Å². The summed E-state index contributed by atoms with van der Waals surface area (Å²) in [4.78, 5) is 14.0. The molecule has 2 fully saturated rings. The van der Waals surface area contributed by atoms with Gasteiger partial charge in [-0.1, -0.05) is 24.8 Å². The number of likely N-dealkylation sites (tertiary alicyclic amines) is 1. The van der Waals surface area contributed by atoms with Crippen LogP contribution in [-0.2, 0) is 16.1 Å². The van der Waals surface area contributed by atoms with Crippen LogP contribution in [0.25, 0.3) is 0 Å². The average molecular weight is 317 g/mol. The number of carbonyl (C=O) groups is 1. The monoisotopic (exact) mass is 317 g/mol. The van der Waals surface area contributed by atoms with Crippen molar-refractivity contribution in [1.29, 1.82) is 0 Å². The molecular weight excluding hydrogens is 294 g/mol. The van der Waals surface area contributed by atoms with E-state index in [4.69, 9.17) is 9.47 Å². The Morgan fingerprint density at radius 3 is 3.17 bits per heavy atom. The fraction of sp³-hybridized carbons (Fsp3) is 0.500. The summed E-state index contributed by atoms with van der Waals surface area (Å²) in [6.07, 6.45) is 2.54. The van der Waals surface area contributed by atoms with Gasteiger partial charge in [0.2, 0.25) is 0 Å². The lowest BCUT2D eigenvalue weighted by molar-refractivity contribution is -0.159. The van der Waals surface area contributed by atoms with Crippen LogP contribution in [0.2, 0.25) is 0 Å². The molecule has 2 heterocycles. The van der Waals surface area contributed by atoms with Crippen molar-refractivity contribution in [2.45, 2.75) is 13.0 Å². The van der Waals surface area contributed by atoms with Gasteiger partial charge in [0.25, 0.3) is 0 Å². The molecule has 2 atom stereocenters. The standard InChI is InChI=1S/C18H23NO4/c1-2-7-23-16-5-3-4-14(9-16)10-19-11-15-6-8-22-13-18(15,12-19)17(20)21/h2-5,9,15H,1,6-8,10-13H2,(H,20,21)/t15-,18+/m0/s1. The highest BCUT2D eigenvalue weighted by Gasteiger charge is 2.53. The van der Waals surface area contributed by atoms with Gasteiger partial charge in [-0.05, 0) is 30.0 Å². The minimum absolute atomic E-state index is 0.175. The highest BCUT2D eigenvalue weighted by molar-refractivity contribution is 5.76. The Morgan fingerprint density at radius 1 is 1.57 bits per heavy atom. The first kappa shape index (κ1) is 16.0. The van der Waals surface area contributed by atoms with Crippen LogP contribution >= 0.6 is 0 Å². The Hall–Kier alpha value is -1.85. The van der Waals surface area contributed by atoms with Crippen molar-refractivity contribution in [3.63, 3.8) is 0 Å². The van der Waals surface area contributed by atoms with Gasteiger partial charge < -0.3 is 14.6 Å². The zero-order chi connectivity index (χ0) is 16.3. The molecule has 124 valence electrons. The summed E-state index contributed by atoms with van der Waals surface area (Å²) >= 11 is 0. The van der Waals surface area contributed by atoms with Gasteiger partial charge in [0.1, 0.15) is 17.8 Å². The van der Waals surface area contributed by atoms with E-state index < -0.39 is 11.4 Å². The van der Waals surface area contributed by atoms with Crippen molar-refractivity contribution in [3.8, 4) is 5.75 Å². The Bertz CT molecular complexity index is 588. The van der Waals surface area contributed by atoms with E-state index in [9.17, 15) is 9.90 Å². The summed E-state index contributed by atoms with van der Waals surface area (Å²) in [5, 5.41) is 9.69. The van der Waals surface area contributed by atoms with Crippen LogP contribution in [0.5, 0.6) is 5.75 Å². The Morgan fingerprint density at radius 2 is 2.43 bits per heavy atom. The third-order valence-corrected chi connectivity index (χ3v) is 4.83. The summed E-state index contributed by atoms with van der Waals surface area (Å²) in [5.74, 6) is 0.261. The predicted octanol–water partition coefficient (Wildman–Crippen LogP) is 2.17. The van der Waals surface area contributed by atoms with Crippen molar-refractivity contribution in [3.05, 3.63) is 42.5 Å². The fourth-order valence-corrected chi connectivity index (χ4v) is 3.66. The topological polar surface area (TPSA) is 59.0 Å². The number of aliphatic carboxylic acids is 1. The number of carboxylic acid groups (broad SMARTS) is 1. The molecule has 23 heavy (non-hydrogen) atoms. The SMILES string of the molecule is C=CCOc1cccc(CN2C[C@@H]3CCOC[C@]3(C(=O)O)C2)c1. The van der Waals surface area contributed by atoms with Crippen LogP contribution in [0.1, 0.15) is 12.0 Å². The molecule has 1 aromatic carbocycles. The van der Waals surface area contributed by atoms with E-state index in [1.54, 1.807) is 6.08 Å². The van der Waals surface area contributed by atoms with Crippen LogP contribution in [0.15, 0.2) is 36.9 Å². The molecule has 3 rings (SSSR count). The average Bonchev–Trinajstić information content (AvgIpc) is 2.92. The van der Waals surface area contributed by atoms with Crippen LogP contribution in [0.3, 0.4) is 0 Å². The Labute approximate surface area is 136 Å². The zero-order valence-electron chi connectivity index (χ0n) is 13.2. The summed E-state index contributed by atoms with van der Waals surface area (Å²) in [6, 6.07) is 7.94. The maximum atomic E-state index is 11.8. The molecule has 0 unspecified atom stereocenters. The maximum absolute atomic E-state index is 11.8. The number of carboxylic acids is 1. The molecule has 1 aromatic rings. The molecule has 5 heteroatoms. The second kappa shape index (κ2) is 6.72. The van der Waals surface area contributed by atoms with E-state index in [-0.39, 0.29) is 5.92 Å². The third-order valence-electron chi connectivity index (χ3n) is 4.83. The van der Waals surface area contributed by atoms with Gasteiger partial charge in [0.05, 0.1) is 6.61 Å². The van der Waals surface area contributed by atoms with Crippen LogP contribution < -0.4 is 4.74 Å². The van der Waals surface area contributed by atoms with Crippen LogP contribution in [0.4, 0.5) is 0 Å². The minimum Gasteiger partial charge on any atom is -0.490 e. The second-order valence-corrected chi connectivity index (χ2v) is 6.42. The summed E-state index contributed by atoms with van der Waals surface area (Å²) in [7, 11) is 0. The first-order chi connectivity index (χ1) is 11.1. The quantitative estimate of drug-likeness (QED) is 0.815. The molecule has 2 aliphatic rings. The lowest BCUT2D eigenvalue weighted by atomic mass is 9.76. The Kier molecular flexibility index (Phi) is 4.68. The lowest BCUT2D eigenvalue weighted by Gasteiger charge is -2.34. The first-order valence-corrected chi connectivity index (χ1v) is 8.00. The number of hydrogen-bond donors (Lipinski definition) is 1. The molecule has 0 saturated carbocycles. The van der Waals surface area contributed by atoms with Crippen molar-refractivity contribution in [1.82, 2.24) is 4.90 Å². The van der Waals surface area contributed by atoms with Gasteiger partial charge in [0.15, 0.2) is 0 Å². The molecule has 0 radical (unpaired) electrons. The summed E-state index contributed by atoms with van der Waals surface area (Å²) in [5.41, 5.74) is 0.390. The Balaban J connectivity index is 1.69. The molecule has 0 bridgehead atoms. The fourth-order valence-electron chi connectivity index (χ4n) is 3.66. The van der Waals surface area contributed by atoms with Crippen molar-refractivity contribution < 1.29 is 19.4 Å². The summed E-state index contributed by atoms with van der Waals surface area (Å²) in [6.45, 7) is 7.21. The number of fused-ring (bicyclic) bond motifs is 1. The number of ether oxygens (including phenoxy) is 2. The molecule has 2 saturated heterocycles. The largest absolute Gasteiger partial charge is 0.490 e. The van der Waals surface area contributed by atoms with E-state index in [2.05, 4.69) is 11.5 Å². The smallest absolute Gasteiger partial charge is 0.313 e. The van der Waals surface area contributed by atoms with Gasteiger partial charge in [-0.2, -0.15) is 0 Å². The first-order valence-electron chi connectivity index (χ1n) is 8.00. The number of hydrogen-bond acceptors (Lipinski definition) is 4. The van der Waals surface area contributed by atoms with E-state index in [0.29, 0.717) is 26.4 Å². The predicted molar refractivity (Wildman–Crippen MR) is 86.4 cm³/mol.